The Bertz CT molecular complexity index is 2210. The number of ether oxygens (including phenoxy) is 3. The summed E-state index contributed by atoms with van der Waals surface area (Å²) in [5.41, 5.74) is 6.45. The number of carbonyl (C=O) groups is 4. The molecule has 2 heterocycles. The lowest BCUT2D eigenvalue weighted by Crippen LogP contribution is -2.34. The summed E-state index contributed by atoms with van der Waals surface area (Å²) >= 11 is 0. The van der Waals surface area contributed by atoms with Gasteiger partial charge in [-0.15, -0.1) is 0 Å². The van der Waals surface area contributed by atoms with Gasteiger partial charge in [0.05, 0.1) is 30.6 Å². The number of aromatic nitrogens is 3. The SMILES string of the molecule is COc1ccc2c(Oc3ccc(NC(=O)c4c(C)n(C[C@@H](C)OC(=O)[C@H](C)N)n(-c5ccccc5)c4=O)cc3F)ccnc2c1.O=C(O)C=CC(=O)O. The lowest BCUT2D eigenvalue weighted by molar-refractivity contribution is -0.150. The molecule has 276 valence electrons. The zero-order chi connectivity index (χ0) is 38.8. The summed E-state index contributed by atoms with van der Waals surface area (Å²) in [5.74, 6) is -3.63. The monoisotopic (exact) mass is 729 g/mol. The summed E-state index contributed by atoms with van der Waals surface area (Å²) < 4.78 is 34.6. The number of rotatable bonds is 12. The maximum atomic E-state index is 15.2. The van der Waals surface area contributed by atoms with Gasteiger partial charge >= 0.3 is 17.9 Å². The van der Waals surface area contributed by atoms with Gasteiger partial charge in [-0.25, -0.2) is 18.7 Å². The van der Waals surface area contributed by atoms with Gasteiger partial charge in [0.2, 0.25) is 0 Å². The van der Waals surface area contributed by atoms with Crippen molar-refractivity contribution >= 4 is 40.4 Å². The number of carboxylic acids is 2. The Balaban J connectivity index is 0.000000703. The molecule has 53 heavy (non-hydrogen) atoms. The van der Waals surface area contributed by atoms with E-state index in [1.54, 1.807) is 86.4 Å². The maximum absolute atomic E-state index is 15.2. The number of esters is 1. The fraction of sp³-hybridized carbons (Fsp3) is 0.189. The standard InChI is InChI=1S/C33H32FN5O6.C4H4O4/c1-19(44-33(42)20(2)35)18-38-21(3)30(32(41)39(38)23-8-6-5-7-9-23)31(40)37-22-10-13-29(26(34)16-22)45-28-14-15-36-27-17-24(43-4)11-12-25(27)28;5-3(6)1-2-4(7)8/h5-17,19-20H,18,35H2,1-4H3,(H,37,40);1-2H,(H,5,6)(H,7,8)/t19-,20+;/m1./s1. The molecule has 1 amide bonds. The highest BCUT2D eigenvalue weighted by Crippen LogP contribution is 2.33. The number of carbonyl (C=O) groups excluding carboxylic acids is 2. The van der Waals surface area contributed by atoms with Gasteiger partial charge in [0.1, 0.15) is 29.2 Å². The number of carboxylic acid groups (broad SMARTS) is 2. The second kappa shape index (κ2) is 17.4. The average molecular weight is 730 g/mol. The third-order valence-corrected chi connectivity index (χ3v) is 7.43. The first-order valence-corrected chi connectivity index (χ1v) is 15.9. The minimum atomic E-state index is -1.26. The van der Waals surface area contributed by atoms with Gasteiger partial charge in [0.15, 0.2) is 11.6 Å². The van der Waals surface area contributed by atoms with Crippen LogP contribution >= 0.6 is 0 Å². The number of benzene rings is 3. The normalized spacial score (nSPS) is 12.0. The number of aliphatic carboxylic acids is 2. The number of anilines is 1. The number of hydrogen-bond acceptors (Lipinski definition) is 10. The third-order valence-electron chi connectivity index (χ3n) is 7.43. The first kappa shape index (κ1) is 39.0. The topological polar surface area (TPSA) is 214 Å². The summed E-state index contributed by atoms with van der Waals surface area (Å²) in [6.45, 7) is 4.86. The largest absolute Gasteiger partial charge is 0.497 e. The summed E-state index contributed by atoms with van der Waals surface area (Å²) in [6, 6.07) is 18.8. The predicted molar refractivity (Wildman–Crippen MR) is 191 cm³/mol. The van der Waals surface area contributed by atoms with Crippen molar-refractivity contribution in [3.05, 3.63) is 119 Å². The van der Waals surface area contributed by atoms with Crippen LogP contribution in [0.1, 0.15) is 29.9 Å². The smallest absolute Gasteiger partial charge is 0.328 e. The van der Waals surface area contributed by atoms with Crippen molar-refractivity contribution in [1.82, 2.24) is 14.3 Å². The van der Waals surface area contributed by atoms with Crippen molar-refractivity contribution in [3.8, 4) is 22.9 Å². The van der Waals surface area contributed by atoms with Crippen LogP contribution in [-0.4, -0.2) is 67.6 Å². The van der Waals surface area contributed by atoms with Crippen LogP contribution < -0.4 is 26.1 Å². The number of nitrogens with two attached hydrogens (primary N) is 1. The van der Waals surface area contributed by atoms with Gasteiger partial charge < -0.3 is 35.5 Å². The lowest BCUT2D eigenvalue weighted by atomic mass is 10.2. The summed E-state index contributed by atoms with van der Waals surface area (Å²) in [7, 11) is 1.55. The van der Waals surface area contributed by atoms with Gasteiger partial charge in [-0.05, 0) is 63.2 Å². The molecule has 2 atom stereocenters. The Hall–Kier alpha value is -6.81. The fourth-order valence-electron chi connectivity index (χ4n) is 4.98. The van der Waals surface area contributed by atoms with Gasteiger partial charge in [-0.2, -0.15) is 0 Å². The fourth-order valence-corrected chi connectivity index (χ4v) is 4.98. The Morgan fingerprint density at radius 3 is 2.25 bits per heavy atom. The van der Waals surface area contributed by atoms with Crippen molar-refractivity contribution in [3.63, 3.8) is 0 Å². The molecule has 5 rings (SSSR count). The van der Waals surface area contributed by atoms with Crippen molar-refractivity contribution in [2.24, 2.45) is 5.73 Å². The molecule has 0 spiro atoms. The number of nitrogens with zero attached hydrogens (tertiary/aromatic N) is 3. The molecule has 0 saturated carbocycles. The van der Waals surface area contributed by atoms with E-state index in [1.165, 1.54) is 23.7 Å². The zero-order valence-electron chi connectivity index (χ0n) is 29.0. The van der Waals surface area contributed by atoms with E-state index >= 15 is 4.39 Å². The predicted octanol–water partition coefficient (Wildman–Crippen LogP) is 4.68. The highest BCUT2D eigenvalue weighted by atomic mass is 19.1. The van der Waals surface area contributed by atoms with Crippen LogP contribution in [0.3, 0.4) is 0 Å². The van der Waals surface area contributed by atoms with Gasteiger partial charge in [-0.1, -0.05) is 18.2 Å². The summed E-state index contributed by atoms with van der Waals surface area (Å²) in [6.07, 6.45) is 2.00. The van der Waals surface area contributed by atoms with Crippen molar-refractivity contribution in [2.45, 2.75) is 39.5 Å². The van der Waals surface area contributed by atoms with E-state index in [1.807, 2.05) is 0 Å². The number of fused-ring (bicyclic) bond motifs is 1. The average Bonchev–Trinajstić information content (AvgIpc) is 3.36. The molecule has 0 fully saturated rings. The zero-order valence-corrected chi connectivity index (χ0v) is 29.0. The van der Waals surface area contributed by atoms with Gasteiger partial charge in [0.25, 0.3) is 11.5 Å². The van der Waals surface area contributed by atoms with Gasteiger partial charge in [-0.3, -0.25) is 24.0 Å². The van der Waals surface area contributed by atoms with E-state index in [0.29, 0.717) is 45.9 Å². The van der Waals surface area contributed by atoms with Crippen LogP contribution in [0.25, 0.3) is 16.6 Å². The minimum Gasteiger partial charge on any atom is -0.497 e. The molecule has 0 unspecified atom stereocenters. The van der Waals surface area contributed by atoms with E-state index in [2.05, 4.69) is 10.3 Å². The highest BCUT2D eigenvalue weighted by Gasteiger charge is 2.26. The molecule has 15 nitrogen and oxygen atoms in total. The van der Waals surface area contributed by atoms with E-state index in [9.17, 15) is 24.0 Å². The van der Waals surface area contributed by atoms with Crippen LogP contribution in [0, 0.1) is 12.7 Å². The van der Waals surface area contributed by atoms with E-state index in [0.717, 1.165) is 6.07 Å². The molecule has 5 N–H and O–H groups in total. The van der Waals surface area contributed by atoms with Crippen LogP contribution in [0.2, 0.25) is 0 Å². The number of para-hydroxylation sites is 1. The number of pyridine rings is 1. The Morgan fingerprint density at radius 1 is 0.962 bits per heavy atom. The quantitative estimate of drug-likeness (QED) is 0.102. The maximum Gasteiger partial charge on any atom is 0.328 e. The molecule has 0 aliphatic rings. The summed E-state index contributed by atoms with van der Waals surface area (Å²) in [5, 5.41) is 18.9. The minimum absolute atomic E-state index is 0.0683. The Morgan fingerprint density at radius 2 is 1.64 bits per heavy atom. The van der Waals surface area contributed by atoms with Crippen LogP contribution in [0.4, 0.5) is 10.1 Å². The molecule has 16 heteroatoms. The molecule has 0 bridgehead atoms. The van der Waals surface area contributed by atoms with E-state index < -0.39 is 47.3 Å². The van der Waals surface area contributed by atoms with E-state index in [-0.39, 0.29) is 23.5 Å². The molecule has 3 aromatic carbocycles. The van der Waals surface area contributed by atoms with Crippen molar-refractivity contribution in [1.29, 1.82) is 0 Å². The molecule has 0 saturated heterocycles. The molecular formula is C37H36FN5O10. The number of hydrogen-bond donors (Lipinski definition) is 4. The molecule has 0 radical (unpaired) electrons. The molecular weight excluding hydrogens is 693 g/mol. The van der Waals surface area contributed by atoms with Gasteiger partial charge in [0, 0.05) is 41.6 Å². The second-order valence-corrected chi connectivity index (χ2v) is 11.4. The second-order valence-electron chi connectivity index (χ2n) is 11.4. The van der Waals surface area contributed by atoms with Crippen molar-refractivity contribution in [2.75, 3.05) is 12.4 Å². The molecule has 0 aliphatic carbocycles. The van der Waals surface area contributed by atoms with Crippen LogP contribution in [0.5, 0.6) is 17.2 Å². The number of halogens is 1. The molecule has 5 aromatic rings. The highest BCUT2D eigenvalue weighted by molar-refractivity contribution is 6.05. The first-order chi connectivity index (χ1) is 25.2. The third kappa shape index (κ3) is 9.92. The van der Waals surface area contributed by atoms with Crippen LogP contribution in [-0.2, 0) is 25.7 Å². The number of methoxy groups -OCH3 is 1. The number of amides is 1. The number of nitrogens with one attached hydrogen (secondary N) is 1. The Labute approximate surface area is 301 Å². The molecule has 2 aromatic heterocycles. The first-order valence-electron chi connectivity index (χ1n) is 15.9. The summed E-state index contributed by atoms with van der Waals surface area (Å²) in [4.78, 5) is 62.6. The lowest BCUT2D eigenvalue weighted by Gasteiger charge is -2.19. The Kier molecular flexibility index (Phi) is 12.8. The van der Waals surface area contributed by atoms with Crippen molar-refractivity contribution < 1.29 is 48.0 Å². The van der Waals surface area contributed by atoms with E-state index in [4.69, 9.17) is 30.2 Å². The molecule has 0 aliphatic heterocycles. The van der Waals surface area contributed by atoms with Crippen LogP contribution in [0.15, 0.2) is 95.9 Å².